The van der Waals surface area contributed by atoms with Gasteiger partial charge in [0.25, 0.3) is 0 Å². The lowest BCUT2D eigenvalue weighted by atomic mass is 10.1. The fourth-order valence-corrected chi connectivity index (χ4v) is 2.05. The van der Waals surface area contributed by atoms with Crippen LogP contribution in [0.15, 0.2) is 39.8 Å². The van der Waals surface area contributed by atoms with Gasteiger partial charge in [-0.05, 0) is 25.0 Å². The Morgan fingerprint density at radius 1 is 1.25 bits per heavy atom. The van der Waals surface area contributed by atoms with Gasteiger partial charge in [-0.15, -0.1) is 0 Å². The molecule has 0 spiro atoms. The van der Waals surface area contributed by atoms with E-state index in [1.54, 1.807) is 7.05 Å². The van der Waals surface area contributed by atoms with Crippen LogP contribution in [-0.2, 0) is 6.54 Å². The molecular formula is C18H26N4O2. The van der Waals surface area contributed by atoms with E-state index < -0.39 is 0 Å². The lowest BCUT2D eigenvalue weighted by molar-refractivity contribution is 0.321. The molecule has 0 amide bonds. The van der Waals surface area contributed by atoms with Crippen molar-refractivity contribution in [3.05, 3.63) is 47.3 Å². The van der Waals surface area contributed by atoms with Crippen LogP contribution in [0.2, 0.25) is 0 Å². The molecule has 0 atom stereocenters. The first kappa shape index (κ1) is 17.8. The normalized spacial score (nSPS) is 11.6. The van der Waals surface area contributed by atoms with Crippen LogP contribution in [0, 0.1) is 6.92 Å². The summed E-state index contributed by atoms with van der Waals surface area (Å²) in [6.45, 7) is 7.98. The van der Waals surface area contributed by atoms with Crippen molar-refractivity contribution in [3.8, 4) is 5.75 Å². The van der Waals surface area contributed by atoms with E-state index in [9.17, 15) is 0 Å². The molecule has 1 aromatic heterocycles. The van der Waals surface area contributed by atoms with Crippen LogP contribution in [0.25, 0.3) is 0 Å². The van der Waals surface area contributed by atoms with Crippen molar-refractivity contribution >= 4 is 5.96 Å². The Bertz CT molecular complexity index is 647. The zero-order valence-electron chi connectivity index (χ0n) is 14.8. The summed E-state index contributed by atoms with van der Waals surface area (Å²) in [6, 6.07) is 9.97. The number of hydrogen-bond donors (Lipinski definition) is 2. The lowest BCUT2D eigenvalue weighted by Gasteiger charge is -2.11. The Hall–Kier alpha value is -2.50. The molecular weight excluding hydrogens is 304 g/mol. The summed E-state index contributed by atoms with van der Waals surface area (Å²) in [7, 11) is 1.73. The topological polar surface area (TPSA) is 71.7 Å². The van der Waals surface area contributed by atoms with Crippen molar-refractivity contribution in [2.24, 2.45) is 4.99 Å². The summed E-state index contributed by atoms with van der Waals surface area (Å²) >= 11 is 0. The zero-order valence-corrected chi connectivity index (χ0v) is 14.8. The van der Waals surface area contributed by atoms with Crippen molar-refractivity contribution in [2.45, 2.75) is 33.2 Å². The standard InChI is InChI=1S/C18H26N4O2/c1-13(2)17-11-16(24-22-17)12-21-18(19-4)20-9-10-23-15-7-5-14(3)6-8-15/h5-8,11,13H,9-10,12H2,1-4H3,(H2,19,20,21). The van der Waals surface area contributed by atoms with Crippen molar-refractivity contribution < 1.29 is 9.26 Å². The first-order valence-electron chi connectivity index (χ1n) is 8.18. The third kappa shape index (κ3) is 5.61. The second kappa shape index (κ2) is 8.96. The van der Waals surface area contributed by atoms with E-state index in [1.807, 2.05) is 30.3 Å². The fraction of sp³-hybridized carbons (Fsp3) is 0.444. The van der Waals surface area contributed by atoms with E-state index in [-0.39, 0.29) is 0 Å². The Balaban J connectivity index is 1.69. The molecule has 24 heavy (non-hydrogen) atoms. The largest absolute Gasteiger partial charge is 0.492 e. The third-order valence-corrected chi connectivity index (χ3v) is 3.51. The molecule has 2 N–H and O–H groups in total. The van der Waals surface area contributed by atoms with E-state index in [2.05, 4.69) is 41.6 Å². The number of hydrogen-bond acceptors (Lipinski definition) is 4. The van der Waals surface area contributed by atoms with Gasteiger partial charge < -0.3 is 19.9 Å². The number of nitrogens with one attached hydrogen (secondary N) is 2. The number of guanidine groups is 1. The van der Waals surface area contributed by atoms with Crippen LogP contribution >= 0.6 is 0 Å². The zero-order chi connectivity index (χ0) is 17.4. The second-order valence-corrected chi connectivity index (χ2v) is 5.89. The summed E-state index contributed by atoms with van der Waals surface area (Å²) in [4.78, 5) is 4.18. The van der Waals surface area contributed by atoms with Gasteiger partial charge in [-0.2, -0.15) is 0 Å². The molecule has 0 unspecified atom stereocenters. The summed E-state index contributed by atoms with van der Waals surface area (Å²) < 4.78 is 11.0. The van der Waals surface area contributed by atoms with Crippen LogP contribution in [0.3, 0.4) is 0 Å². The van der Waals surface area contributed by atoms with Crippen molar-refractivity contribution in [3.63, 3.8) is 0 Å². The number of aryl methyl sites for hydroxylation is 1. The van der Waals surface area contributed by atoms with Crippen molar-refractivity contribution in [1.29, 1.82) is 0 Å². The molecule has 6 nitrogen and oxygen atoms in total. The highest BCUT2D eigenvalue weighted by Crippen LogP contribution is 2.13. The molecule has 2 aromatic rings. The third-order valence-electron chi connectivity index (χ3n) is 3.51. The van der Waals surface area contributed by atoms with Gasteiger partial charge in [0.05, 0.1) is 18.8 Å². The SMILES string of the molecule is CN=C(NCCOc1ccc(C)cc1)NCc1cc(C(C)C)no1. The van der Waals surface area contributed by atoms with E-state index in [0.717, 1.165) is 17.2 Å². The molecule has 0 bridgehead atoms. The van der Waals surface area contributed by atoms with Crippen LogP contribution in [-0.4, -0.2) is 31.3 Å². The fourth-order valence-electron chi connectivity index (χ4n) is 2.05. The predicted molar refractivity (Wildman–Crippen MR) is 95.5 cm³/mol. The molecule has 1 heterocycles. The van der Waals surface area contributed by atoms with E-state index in [0.29, 0.717) is 31.6 Å². The molecule has 0 aliphatic carbocycles. The summed E-state index contributed by atoms with van der Waals surface area (Å²) in [5.74, 6) is 2.72. The van der Waals surface area contributed by atoms with Gasteiger partial charge in [0.15, 0.2) is 11.7 Å². The van der Waals surface area contributed by atoms with Gasteiger partial charge in [0.2, 0.25) is 0 Å². The minimum atomic E-state index is 0.360. The van der Waals surface area contributed by atoms with Gasteiger partial charge in [-0.3, -0.25) is 4.99 Å². The second-order valence-electron chi connectivity index (χ2n) is 5.89. The number of rotatable bonds is 7. The summed E-state index contributed by atoms with van der Waals surface area (Å²) in [5.41, 5.74) is 2.18. The molecule has 0 aliphatic rings. The highest BCUT2D eigenvalue weighted by molar-refractivity contribution is 5.79. The van der Waals surface area contributed by atoms with Crippen LogP contribution in [0.5, 0.6) is 5.75 Å². The predicted octanol–water partition coefficient (Wildman–Crippen LogP) is 2.85. The molecule has 0 aliphatic heterocycles. The molecule has 0 radical (unpaired) electrons. The maximum atomic E-state index is 5.67. The average molecular weight is 330 g/mol. The van der Waals surface area contributed by atoms with E-state index in [4.69, 9.17) is 9.26 Å². The Labute approximate surface area is 143 Å². The van der Waals surface area contributed by atoms with Gasteiger partial charge in [-0.25, -0.2) is 0 Å². The Kier molecular flexibility index (Phi) is 6.66. The number of ether oxygens (including phenoxy) is 1. The quantitative estimate of drug-likeness (QED) is 0.464. The first-order valence-corrected chi connectivity index (χ1v) is 8.18. The maximum absolute atomic E-state index is 5.67. The molecule has 1 aromatic carbocycles. The summed E-state index contributed by atoms with van der Waals surface area (Å²) in [5, 5.41) is 10.4. The molecule has 0 fully saturated rings. The first-order chi connectivity index (χ1) is 11.6. The van der Waals surface area contributed by atoms with Gasteiger partial charge in [-0.1, -0.05) is 36.7 Å². The van der Waals surface area contributed by atoms with Gasteiger partial charge >= 0.3 is 0 Å². The van der Waals surface area contributed by atoms with E-state index >= 15 is 0 Å². The van der Waals surface area contributed by atoms with Crippen LogP contribution < -0.4 is 15.4 Å². The molecule has 130 valence electrons. The monoisotopic (exact) mass is 330 g/mol. The maximum Gasteiger partial charge on any atom is 0.191 e. The molecule has 0 saturated heterocycles. The van der Waals surface area contributed by atoms with Crippen LogP contribution in [0.1, 0.15) is 36.8 Å². The number of benzene rings is 1. The molecule has 6 heteroatoms. The lowest BCUT2D eigenvalue weighted by Crippen LogP contribution is -2.38. The minimum absolute atomic E-state index is 0.360. The Morgan fingerprint density at radius 3 is 2.62 bits per heavy atom. The highest BCUT2D eigenvalue weighted by atomic mass is 16.5. The number of aromatic nitrogens is 1. The molecule has 2 rings (SSSR count). The molecule has 0 saturated carbocycles. The van der Waals surface area contributed by atoms with Crippen LogP contribution in [0.4, 0.5) is 0 Å². The highest BCUT2D eigenvalue weighted by Gasteiger charge is 2.08. The van der Waals surface area contributed by atoms with Crippen molar-refractivity contribution in [1.82, 2.24) is 15.8 Å². The Morgan fingerprint density at radius 2 is 2.00 bits per heavy atom. The summed E-state index contributed by atoms with van der Waals surface area (Å²) in [6.07, 6.45) is 0. The minimum Gasteiger partial charge on any atom is -0.492 e. The number of aliphatic imine (C=N–C) groups is 1. The van der Waals surface area contributed by atoms with Gasteiger partial charge in [0, 0.05) is 13.1 Å². The van der Waals surface area contributed by atoms with Gasteiger partial charge in [0.1, 0.15) is 12.4 Å². The average Bonchev–Trinajstić information content (AvgIpc) is 3.05. The number of nitrogens with zero attached hydrogens (tertiary/aromatic N) is 2. The van der Waals surface area contributed by atoms with Crippen molar-refractivity contribution in [2.75, 3.05) is 20.2 Å². The van der Waals surface area contributed by atoms with E-state index in [1.165, 1.54) is 5.56 Å². The smallest absolute Gasteiger partial charge is 0.191 e.